The fourth-order valence-corrected chi connectivity index (χ4v) is 2.32. The first kappa shape index (κ1) is 11.6. The van der Waals surface area contributed by atoms with Crippen molar-refractivity contribution < 1.29 is 0 Å². The van der Waals surface area contributed by atoms with E-state index in [0.29, 0.717) is 6.04 Å². The molecule has 4 nitrogen and oxygen atoms in total. The van der Waals surface area contributed by atoms with Gasteiger partial charge in [0, 0.05) is 30.4 Å². The molecule has 1 aliphatic heterocycles. The number of aromatic amines is 1. The Kier molecular flexibility index (Phi) is 3.96. The first-order valence-corrected chi connectivity index (χ1v) is 6.24. The van der Waals surface area contributed by atoms with Gasteiger partial charge in [-0.15, -0.1) is 0 Å². The molecule has 1 fully saturated rings. The number of aryl methyl sites for hydroxylation is 1. The highest BCUT2D eigenvalue weighted by Crippen LogP contribution is 2.11. The topological polar surface area (TPSA) is 44.0 Å². The molecule has 0 unspecified atom stereocenters. The van der Waals surface area contributed by atoms with Crippen molar-refractivity contribution in [1.82, 2.24) is 20.4 Å². The van der Waals surface area contributed by atoms with Crippen LogP contribution in [0.15, 0.2) is 6.20 Å². The minimum atomic E-state index is 0.642. The van der Waals surface area contributed by atoms with E-state index in [1.807, 2.05) is 6.20 Å². The van der Waals surface area contributed by atoms with E-state index in [1.54, 1.807) is 0 Å². The van der Waals surface area contributed by atoms with Gasteiger partial charge in [-0.3, -0.25) is 5.10 Å². The number of hydrogen-bond donors (Lipinski definition) is 2. The lowest BCUT2D eigenvalue weighted by molar-refractivity contribution is 0.198. The summed E-state index contributed by atoms with van der Waals surface area (Å²) in [4.78, 5) is 2.52. The molecule has 0 amide bonds. The van der Waals surface area contributed by atoms with Crippen LogP contribution in [0.2, 0.25) is 0 Å². The minimum absolute atomic E-state index is 0.642. The highest BCUT2D eigenvalue weighted by Gasteiger charge is 2.18. The summed E-state index contributed by atoms with van der Waals surface area (Å²) in [7, 11) is 0. The number of H-pyrrole nitrogens is 1. The predicted molar refractivity (Wildman–Crippen MR) is 65.3 cm³/mol. The summed E-state index contributed by atoms with van der Waals surface area (Å²) in [5, 5.41) is 10.6. The molecule has 0 radical (unpaired) electrons. The van der Waals surface area contributed by atoms with Crippen LogP contribution >= 0.6 is 0 Å². The van der Waals surface area contributed by atoms with Crippen LogP contribution in [0.4, 0.5) is 0 Å². The van der Waals surface area contributed by atoms with Crippen LogP contribution in [0.25, 0.3) is 0 Å². The summed E-state index contributed by atoms with van der Waals surface area (Å²) in [5.41, 5.74) is 2.46. The molecule has 0 aromatic carbocycles. The number of rotatable bonds is 4. The summed E-state index contributed by atoms with van der Waals surface area (Å²) in [6.07, 6.45) is 4.53. The molecule has 2 N–H and O–H groups in total. The second kappa shape index (κ2) is 5.46. The normalized spacial score (nSPS) is 22.5. The number of nitrogens with zero attached hydrogens (tertiary/aromatic N) is 2. The molecule has 0 bridgehead atoms. The van der Waals surface area contributed by atoms with E-state index in [1.165, 1.54) is 43.7 Å². The Morgan fingerprint density at radius 3 is 3.19 bits per heavy atom. The maximum absolute atomic E-state index is 4.04. The van der Waals surface area contributed by atoms with Crippen LogP contribution in [0, 0.1) is 6.92 Å². The first-order valence-electron chi connectivity index (χ1n) is 6.24. The molecule has 90 valence electrons. The molecule has 16 heavy (non-hydrogen) atoms. The highest BCUT2D eigenvalue weighted by molar-refractivity contribution is 5.13. The summed E-state index contributed by atoms with van der Waals surface area (Å²) in [5.74, 6) is 0. The third-order valence-corrected chi connectivity index (χ3v) is 3.47. The predicted octanol–water partition coefficient (Wildman–Crippen LogP) is 1.29. The molecule has 1 atom stereocenters. The monoisotopic (exact) mass is 222 g/mol. The van der Waals surface area contributed by atoms with E-state index in [2.05, 4.69) is 34.3 Å². The van der Waals surface area contributed by atoms with Crippen LogP contribution in [0.1, 0.15) is 31.0 Å². The van der Waals surface area contributed by atoms with Crippen molar-refractivity contribution in [3.8, 4) is 0 Å². The van der Waals surface area contributed by atoms with E-state index >= 15 is 0 Å². The van der Waals surface area contributed by atoms with Gasteiger partial charge in [0.05, 0.1) is 6.20 Å². The quantitative estimate of drug-likeness (QED) is 0.807. The van der Waals surface area contributed by atoms with Crippen LogP contribution in [0.5, 0.6) is 0 Å². The number of nitrogens with one attached hydrogen (secondary N) is 2. The van der Waals surface area contributed by atoms with Gasteiger partial charge in [0.25, 0.3) is 0 Å². The highest BCUT2D eigenvalue weighted by atomic mass is 15.2. The zero-order chi connectivity index (χ0) is 11.4. The van der Waals surface area contributed by atoms with Crippen molar-refractivity contribution in [1.29, 1.82) is 0 Å². The largest absolute Gasteiger partial charge is 0.309 e. The molecule has 0 spiro atoms. The van der Waals surface area contributed by atoms with E-state index in [4.69, 9.17) is 0 Å². The lowest BCUT2D eigenvalue weighted by Crippen LogP contribution is -2.45. The molecule has 1 saturated heterocycles. The van der Waals surface area contributed by atoms with Crippen LogP contribution in [-0.2, 0) is 6.54 Å². The average Bonchev–Trinajstić information content (AvgIpc) is 2.72. The van der Waals surface area contributed by atoms with Gasteiger partial charge in [-0.25, -0.2) is 0 Å². The summed E-state index contributed by atoms with van der Waals surface area (Å²) < 4.78 is 0. The van der Waals surface area contributed by atoms with Crippen LogP contribution in [0.3, 0.4) is 0 Å². The number of likely N-dealkylation sites (N-methyl/N-ethyl adjacent to an activating group) is 1. The molecule has 1 aliphatic rings. The molecule has 1 aromatic heterocycles. The molecule has 4 heteroatoms. The Morgan fingerprint density at radius 2 is 2.50 bits per heavy atom. The average molecular weight is 222 g/mol. The van der Waals surface area contributed by atoms with Crippen molar-refractivity contribution in [2.45, 2.75) is 39.3 Å². The standard InChI is InChI=1S/C12H22N4/c1-3-16-6-4-5-12(9-16)13-7-11-8-14-15-10(11)2/h8,12-13H,3-7,9H2,1-2H3,(H,14,15)/t12-/m1/s1. The van der Waals surface area contributed by atoms with E-state index in [-0.39, 0.29) is 0 Å². The van der Waals surface area contributed by atoms with Crippen molar-refractivity contribution in [2.75, 3.05) is 19.6 Å². The van der Waals surface area contributed by atoms with Crippen molar-refractivity contribution in [3.63, 3.8) is 0 Å². The SMILES string of the molecule is CCN1CCC[C@@H](NCc2cn[nH]c2C)C1. The van der Waals surface area contributed by atoms with Gasteiger partial charge in [0.2, 0.25) is 0 Å². The summed E-state index contributed by atoms with van der Waals surface area (Å²) >= 11 is 0. The van der Waals surface area contributed by atoms with Gasteiger partial charge in [-0.2, -0.15) is 5.10 Å². The molecule has 2 heterocycles. The number of aromatic nitrogens is 2. The lowest BCUT2D eigenvalue weighted by atomic mass is 10.1. The second-order valence-corrected chi connectivity index (χ2v) is 4.63. The fourth-order valence-electron chi connectivity index (χ4n) is 2.32. The number of piperidine rings is 1. The maximum Gasteiger partial charge on any atom is 0.0535 e. The number of hydrogen-bond acceptors (Lipinski definition) is 3. The summed E-state index contributed by atoms with van der Waals surface area (Å²) in [6.45, 7) is 8.87. The Morgan fingerprint density at radius 1 is 1.62 bits per heavy atom. The third kappa shape index (κ3) is 2.83. The Hall–Kier alpha value is -0.870. The van der Waals surface area contributed by atoms with Gasteiger partial charge in [-0.05, 0) is 32.9 Å². The van der Waals surface area contributed by atoms with Crippen LogP contribution < -0.4 is 5.32 Å². The van der Waals surface area contributed by atoms with Gasteiger partial charge >= 0.3 is 0 Å². The molecule has 0 aliphatic carbocycles. The van der Waals surface area contributed by atoms with Crippen LogP contribution in [-0.4, -0.2) is 40.8 Å². The van der Waals surface area contributed by atoms with Crippen molar-refractivity contribution in [3.05, 3.63) is 17.5 Å². The Bertz CT molecular complexity index is 321. The molecule has 1 aromatic rings. The van der Waals surface area contributed by atoms with E-state index < -0.39 is 0 Å². The Balaban J connectivity index is 1.79. The number of likely N-dealkylation sites (tertiary alicyclic amines) is 1. The third-order valence-electron chi connectivity index (χ3n) is 3.47. The van der Waals surface area contributed by atoms with E-state index in [0.717, 1.165) is 6.54 Å². The Labute approximate surface area is 97.4 Å². The zero-order valence-electron chi connectivity index (χ0n) is 10.3. The molecular weight excluding hydrogens is 200 g/mol. The molecule has 2 rings (SSSR count). The van der Waals surface area contributed by atoms with Crippen molar-refractivity contribution in [2.24, 2.45) is 0 Å². The van der Waals surface area contributed by atoms with Gasteiger partial charge in [-0.1, -0.05) is 6.92 Å². The maximum atomic E-state index is 4.04. The lowest BCUT2D eigenvalue weighted by Gasteiger charge is -2.32. The van der Waals surface area contributed by atoms with Gasteiger partial charge < -0.3 is 10.2 Å². The smallest absolute Gasteiger partial charge is 0.0535 e. The zero-order valence-corrected chi connectivity index (χ0v) is 10.3. The fraction of sp³-hybridized carbons (Fsp3) is 0.750. The molecule has 0 saturated carbocycles. The van der Waals surface area contributed by atoms with E-state index in [9.17, 15) is 0 Å². The van der Waals surface area contributed by atoms with Crippen molar-refractivity contribution >= 4 is 0 Å². The van der Waals surface area contributed by atoms with Gasteiger partial charge in [0.1, 0.15) is 0 Å². The minimum Gasteiger partial charge on any atom is -0.309 e. The summed E-state index contributed by atoms with van der Waals surface area (Å²) in [6, 6.07) is 0.642. The van der Waals surface area contributed by atoms with Gasteiger partial charge in [0.15, 0.2) is 0 Å². The molecular formula is C12H22N4. The first-order chi connectivity index (χ1) is 7.79. The second-order valence-electron chi connectivity index (χ2n) is 4.63.